The van der Waals surface area contributed by atoms with Gasteiger partial charge in [-0.1, -0.05) is 0 Å². The molecule has 1 aromatic carbocycles. The molecule has 0 radical (unpaired) electrons. The minimum absolute atomic E-state index is 0.0981. The largest absolute Gasteiger partial charge is 0.805 e. The van der Waals surface area contributed by atoms with Gasteiger partial charge in [0.15, 0.2) is 0 Å². The van der Waals surface area contributed by atoms with Crippen LogP contribution in [-0.4, -0.2) is 17.3 Å². The van der Waals surface area contributed by atoms with Crippen LogP contribution < -0.4 is 4.43 Å². The highest BCUT2D eigenvalue weighted by Crippen LogP contribution is 2.35. The SMILES string of the molecule is CCOC(=O)c1c(C(F)(F)F)n([O-])c2cc(C(F)(F)F)ccc2[n+]1=O. The summed E-state index contributed by atoms with van der Waals surface area (Å²) in [5.41, 5.74) is -7.38. The summed E-state index contributed by atoms with van der Waals surface area (Å²) in [6.45, 7) is 0.863. The summed E-state index contributed by atoms with van der Waals surface area (Å²) >= 11 is 0. The number of fused-ring (bicyclic) bond motifs is 1. The minimum Gasteiger partial charge on any atom is -0.805 e. The molecule has 0 spiro atoms. The second-order valence-electron chi connectivity index (χ2n) is 4.71. The van der Waals surface area contributed by atoms with Crippen LogP contribution in [0.3, 0.4) is 0 Å². The van der Waals surface area contributed by atoms with E-state index in [1.165, 1.54) is 6.92 Å². The minimum atomic E-state index is -5.49. The van der Waals surface area contributed by atoms with Crippen molar-refractivity contribution in [1.82, 2.24) is 4.73 Å². The van der Waals surface area contributed by atoms with Gasteiger partial charge in [-0.3, -0.25) is 0 Å². The van der Waals surface area contributed by atoms with E-state index in [0.717, 1.165) is 0 Å². The molecule has 0 amide bonds. The standard InChI is InChI=1S/C13H8F6N2O4/c1-2-25-11(22)9-10(13(17,18)19)21(24)8-5-6(12(14,15)16)3-4-7(8)20(9)23/h3-5H,2H2,1H3. The van der Waals surface area contributed by atoms with Gasteiger partial charge in [0.1, 0.15) is 5.52 Å². The Morgan fingerprint density at radius 3 is 2.28 bits per heavy atom. The van der Waals surface area contributed by atoms with Crippen LogP contribution in [0.2, 0.25) is 0 Å². The van der Waals surface area contributed by atoms with Gasteiger partial charge in [-0.25, -0.2) is 4.79 Å². The number of aromatic nitrogens is 2. The Hall–Kier alpha value is -2.79. The van der Waals surface area contributed by atoms with E-state index in [-0.39, 0.29) is 12.7 Å². The lowest BCUT2D eigenvalue weighted by molar-refractivity contribution is -0.471. The molecule has 136 valence electrons. The van der Waals surface area contributed by atoms with E-state index in [1.54, 1.807) is 0 Å². The fraction of sp³-hybridized carbons (Fsp3) is 0.308. The lowest BCUT2D eigenvalue weighted by Gasteiger charge is -2.20. The Kier molecular flexibility index (Phi) is 4.40. The first kappa shape index (κ1) is 18.5. The molecule has 25 heavy (non-hydrogen) atoms. The van der Waals surface area contributed by atoms with Crippen molar-refractivity contribution in [1.29, 1.82) is 0 Å². The van der Waals surface area contributed by atoms with E-state index in [2.05, 4.69) is 4.74 Å². The summed E-state index contributed by atoms with van der Waals surface area (Å²) in [5, 5.41) is 12.0. The zero-order valence-electron chi connectivity index (χ0n) is 12.2. The normalized spacial score (nSPS) is 12.4. The maximum Gasteiger partial charge on any atom is 0.438 e. The number of carbonyl (C=O) groups is 1. The van der Waals surface area contributed by atoms with Crippen LogP contribution in [0.15, 0.2) is 18.2 Å². The Balaban J connectivity index is 2.98. The van der Waals surface area contributed by atoms with Crippen molar-refractivity contribution in [3.05, 3.63) is 45.3 Å². The molecule has 0 aliphatic rings. The van der Waals surface area contributed by atoms with Gasteiger partial charge in [-0.05, 0) is 19.1 Å². The molecule has 0 aliphatic carbocycles. The predicted molar refractivity (Wildman–Crippen MR) is 70.0 cm³/mol. The molecule has 1 aromatic heterocycles. The number of halogens is 6. The van der Waals surface area contributed by atoms with Gasteiger partial charge >= 0.3 is 24.0 Å². The first-order chi connectivity index (χ1) is 11.4. The highest BCUT2D eigenvalue weighted by Gasteiger charge is 2.46. The average Bonchev–Trinajstić information content (AvgIpc) is 2.48. The molecule has 0 atom stereocenters. The maximum atomic E-state index is 13.1. The second kappa shape index (κ2) is 5.93. The Morgan fingerprint density at radius 1 is 1.20 bits per heavy atom. The smallest absolute Gasteiger partial charge is 0.438 e. The fourth-order valence-corrected chi connectivity index (χ4v) is 2.10. The topological polar surface area (TPSA) is 77.3 Å². The molecule has 0 aliphatic heterocycles. The number of rotatable bonds is 2. The molecule has 0 saturated carbocycles. The molecule has 12 heteroatoms. The number of hydrogen-bond acceptors (Lipinski definition) is 4. The number of alkyl halides is 6. The lowest BCUT2D eigenvalue weighted by atomic mass is 10.1. The van der Waals surface area contributed by atoms with Crippen LogP contribution in [0.25, 0.3) is 11.0 Å². The number of ether oxygens (including phenoxy) is 1. The van der Waals surface area contributed by atoms with E-state index >= 15 is 0 Å². The van der Waals surface area contributed by atoms with Crippen LogP contribution in [0.4, 0.5) is 26.3 Å². The van der Waals surface area contributed by atoms with Crippen molar-refractivity contribution in [2.75, 3.05) is 6.61 Å². The molecule has 0 unspecified atom stereocenters. The third-order valence-electron chi connectivity index (χ3n) is 3.11. The summed E-state index contributed by atoms with van der Waals surface area (Å²) in [7, 11) is 0. The molecular formula is C13H8F6N2O4. The van der Waals surface area contributed by atoms with Gasteiger partial charge in [0, 0.05) is 11.0 Å². The Morgan fingerprint density at radius 2 is 1.80 bits per heavy atom. The van der Waals surface area contributed by atoms with Gasteiger partial charge in [-0.15, -0.1) is 0 Å². The summed E-state index contributed by atoms with van der Waals surface area (Å²) in [4.78, 5) is 23.8. The van der Waals surface area contributed by atoms with Gasteiger partial charge in [0.2, 0.25) is 5.69 Å². The van der Waals surface area contributed by atoms with Crippen LogP contribution in [-0.2, 0) is 17.1 Å². The number of esters is 1. The van der Waals surface area contributed by atoms with Crippen LogP contribution in [0, 0.1) is 10.1 Å². The van der Waals surface area contributed by atoms with Crippen molar-refractivity contribution in [2.24, 2.45) is 0 Å². The molecular weight excluding hydrogens is 362 g/mol. The highest BCUT2D eigenvalue weighted by atomic mass is 19.4. The van der Waals surface area contributed by atoms with Crippen LogP contribution in [0.1, 0.15) is 28.7 Å². The average molecular weight is 370 g/mol. The third kappa shape index (κ3) is 3.23. The molecule has 2 aromatic rings. The number of benzene rings is 1. The van der Waals surface area contributed by atoms with Crippen molar-refractivity contribution in [3.63, 3.8) is 0 Å². The quantitative estimate of drug-likeness (QED) is 0.462. The van der Waals surface area contributed by atoms with Crippen LogP contribution in [0.5, 0.6) is 0 Å². The van der Waals surface area contributed by atoms with Crippen molar-refractivity contribution >= 4 is 17.0 Å². The number of carbonyl (C=O) groups excluding carboxylic acids is 1. The van der Waals surface area contributed by atoms with Gasteiger partial charge in [0.05, 0.1) is 16.6 Å². The van der Waals surface area contributed by atoms with Crippen LogP contribution >= 0.6 is 0 Å². The monoisotopic (exact) mass is 370 g/mol. The molecule has 0 saturated heterocycles. The van der Waals surface area contributed by atoms with E-state index in [0.29, 0.717) is 12.1 Å². The summed E-state index contributed by atoms with van der Waals surface area (Å²) in [6.07, 6.45) is -10.4. The second-order valence-corrected chi connectivity index (χ2v) is 4.71. The molecule has 6 nitrogen and oxygen atoms in total. The first-order valence-corrected chi connectivity index (χ1v) is 6.54. The zero-order chi connectivity index (χ0) is 19.2. The van der Waals surface area contributed by atoms with E-state index in [9.17, 15) is 41.3 Å². The molecule has 0 bridgehead atoms. The molecule has 0 N–H and O–H groups in total. The third-order valence-corrected chi connectivity index (χ3v) is 3.11. The zero-order valence-corrected chi connectivity index (χ0v) is 12.2. The fourth-order valence-electron chi connectivity index (χ4n) is 2.10. The van der Waals surface area contributed by atoms with Crippen molar-refractivity contribution in [3.8, 4) is 0 Å². The van der Waals surface area contributed by atoms with Gasteiger partial charge < -0.3 is 14.7 Å². The predicted octanol–water partition coefficient (Wildman–Crippen LogP) is 3.12. The van der Waals surface area contributed by atoms with Crippen molar-refractivity contribution in [2.45, 2.75) is 19.3 Å². The van der Waals surface area contributed by atoms with E-state index < -0.39 is 55.5 Å². The number of nitrogens with zero attached hydrogens (tertiary/aromatic N) is 2. The molecule has 1 heterocycles. The van der Waals surface area contributed by atoms with Gasteiger partial charge in [-0.2, -0.15) is 26.3 Å². The summed E-state index contributed by atoms with van der Waals surface area (Å²) in [6, 6.07) is 1.00. The van der Waals surface area contributed by atoms with E-state index in [1.807, 2.05) is 0 Å². The molecule has 0 fully saturated rings. The summed E-state index contributed by atoms with van der Waals surface area (Å²) in [5.74, 6) is -1.73. The molecule has 2 rings (SSSR count). The van der Waals surface area contributed by atoms with E-state index in [4.69, 9.17) is 0 Å². The lowest BCUT2D eigenvalue weighted by Crippen LogP contribution is -2.35. The highest BCUT2D eigenvalue weighted by molar-refractivity contribution is 5.89. The summed E-state index contributed by atoms with van der Waals surface area (Å²) < 4.78 is 80.4. The Bertz CT molecular complexity index is 900. The van der Waals surface area contributed by atoms with Crippen molar-refractivity contribution < 1.29 is 40.3 Å². The maximum absolute atomic E-state index is 13.1. The Labute approximate surface area is 134 Å². The first-order valence-electron chi connectivity index (χ1n) is 6.54. The number of hydrogen-bond donors (Lipinski definition) is 0. The van der Waals surface area contributed by atoms with Gasteiger partial charge in [0.25, 0.3) is 5.52 Å².